The van der Waals surface area contributed by atoms with E-state index < -0.39 is 5.60 Å². The molecule has 150 valence electrons. The van der Waals surface area contributed by atoms with Gasteiger partial charge in [0.2, 0.25) is 0 Å². The zero-order chi connectivity index (χ0) is 19.4. The van der Waals surface area contributed by atoms with Gasteiger partial charge in [-0.1, -0.05) is 30.3 Å². The molecule has 0 saturated heterocycles. The van der Waals surface area contributed by atoms with Crippen molar-refractivity contribution < 1.29 is 19.4 Å². The van der Waals surface area contributed by atoms with Gasteiger partial charge in [-0.15, -0.1) is 0 Å². The molecule has 5 atom stereocenters. The first-order valence-electron chi connectivity index (χ1n) is 10.1. The summed E-state index contributed by atoms with van der Waals surface area (Å²) in [6, 6.07) is 10.3. The highest BCUT2D eigenvalue weighted by atomic mass is 16.6. The van der Waals surface area contributed by atoms with E-state index in [9.17, 15) is 9.90 Å². The van der Waals surface area contributed by atoms with Crippen molar-refractivity contribution in [3.05, 3.63) is 35.9 Å². The van der Waals surface area contributed by atoms with Gasteiger partial charge < -0.3 is 19.9 Å². The Labute approximate surface area is 162 Å². The van der Waals surface area contributed by atoms with Crippen LogP contribution in [0.25, 0.3) is 0 Å². The molecule has 0 radical (unpaired) electrons. The summed E-state index contributed by atoms with van der Waals surface area (Å²) in [5.41, 5.74) is 0.679. The molecule has 1 unspecified atom stereocenters. The van der Waals surface area contributed by atoms with Crippen LogP contribution in [-0.4, -0.2) is 35.6 Å². The number of aliphatic hydroxyl groups is 1. The monoisotopic (exact) mass is 375 g/mol. The normalized spacial score (nSPS) is 30.6. The topological polar surface area (TPSA) is 67.8 Å². The molecule has 1 aromatic carbocycles. The van der Waals surface area contributed by atoms with Crippen LogP contribution in [0.15, 0.2) is 30.3 Å². The molecule has 1 amide bonds. The summed E-state index contributed by atoms with van der Waals surface area (Å²) < 4.78 is 11.3. The number of rotatable bonds is 5. The van der Waals surface area contributed by atoms with Crippen molar-refractivity contribution in [3.63, 3.8) is 0 Å². The van der Waals surface area contributed by atoms with Gasteiger partial charge in [-0.05, 0) is 63.9 Å². The molecule has 5 nitrogen and oxygen atoms in total. The van der Waals surface area contributed by atoms with Gasteiger partial charge in [0.15, 0.2) is 0 Å². The summed E-state index contributed by atoms with van der Waals surface area (Å²) in [4.78, 5) is 12.0. The van der Waals surface area contributed by atoms with Crippen LogP contribution in [0.1, 0.15) is 52.0 Å². The predicted octanol–water partition coefficient (Wildman–Crippen LogP) is 3.89. The van der Waals surface area contributed by atoms with Gasteiger partial charge in [0, 0.05) is 12.0 Å². The summed E-state index contributed by atoms with van der Waals surface area (Å²) >= 11 is 0. The van der Waals surface area contributed by atoms with Crippen molar-refractivity contribution in [2.45, 2.75) is 70.8 Å². The zero-order valence-corrected chi connectivity index (χ0v) is 16.7. The summed E-state index contributed by atoms with van der Waals surface area (Å²) in [6.45, 7) is 6.80. The van der Waals surface area contributed by atoms with Crippen LogP contribution in [-0.2, 0) is 16.1 Å². The molecule has 2 fully saturated rings. The zero-order valence-electron chi connectivity index (χ0n) is 16.7. The lowest BCUT2D eigenvalue weighted by Gasteiger charge is -2.35. The fraction of sp³-hybridized carbons (Fsp3) is 0.682. The van der Waals surface area contributed by atoms with E-state index in [4.69, 9.17) is 9.47 Å². The van der Waals surface area contributed by atoms with Crippen LogP contribution >= 0.6 is 0 Å². The Kier molecular flexibility index (Phi) is 6.43. The Balaban J connectivity index is 1.46. The van der Waals surface area contributed by atoms with E-state index in [0.29, 0.717) is 25.0 Å². The highest BCUT2D eigenvalue weighted by molar-refractivity contribution is 5.68. The van der Waals surface area contributed by atoms with Crippen LogP contribution in [0.4, 0.5) is 4.79 Å². The Morgan fingerprint density at radius 3 is 2.63 bits per heavy atom. The van der Waals surface area contributed by atoms with Crippen LogP contribution in [0, 0.1) is 17.8 Å². The summed E-state index contributed by atoms with van der Waals surface area (Å²) in [5.74, 6) is 1.12. The number of fused-ring (bicyclic) bond motifs is 1. The van der Waals surface area contributed by atoms with Gasteiger partial charge in [0.1, 0.15) is 5.60 Å². The number of ether oxygens (including phenoxy) is 2. The Morgan fingerprint density at radius 1 is 1.19 bits per heavy atom. The molecule has 2 aliphatic carbocycles. The SMILES string of the molecule is CC(C)(C)OC(=O)NC1CC[C@@H]2[C@@H](C1)C[C@@H](O)[C@H]2COCc1ccccc1. The quantitative estimate of drug-likeness (QED) is 0.819. The summed E-state index contributed by atoms with van der Waals surface area (Å²) in [7, 11) is 0. The molecule has 27 heavy (non-hydrogen) atoms. The standard InChI is InChI=1S/C22H33NO4/c1-22(2,3)27-21(25)23-17-9-10-18-16(11-17)12-20(24)19(18)14-26-13-15-7-5-4-6-8-15/h4-8,16-20,24H,9-14H2,1-3H3,(H,23,25)/t16-,17?,18+,19-,20+/m0/s1. The minimum atomic E-state index is -0.480. The van der Waals surface area contributed by atoms with Gasteiger partial charge in [-0.3, -0.25) is 0 Å². The maximum absolute atomic E-state index is 12.0. The molecule has 3 rings (SSSR count). The third-order valence-corrected chi connectivity index (χ3v) is 5.77. The minimum Gasteiger partial charge on any atom is -0.444 e. The largest absolute Gasteiger partial charge is 0.444 e. The highest BCUT2D eigenvalue weighted by Gasteiger charge is 2.45. The number of nitrogens with one attached hydrogen (secondary N) is 1. The van der Waals surface area contributed by atoms with Crippen molar-refractivity contribution in [3.8, 4) is 0 Å². The number of carbonyl (C=O) groups is 1. The van der Waals surface area contributed by atoms with Crippen LogP contribution in [0.2, 0.25) is 0 Å². The molecule has 2 N–H and O–H groups in total. The molecule has 2 saturated carbocycles. The van der Waals surface area contributed by atoms with Crippen LogP contribution in [0.3, 0.4) is 0 Å². The summed E-state index contributed by atoms with van der Waals surface area (Å²) in [6.07, 6.45) is 3.01. The van der Waals surface area contributed by atoms with Crippen molar-refractivity contribution in [2.24, 2.45) is 17.8 Å². The molecular formula is C22H33NO4. The van der Waals surface area contributed by atoms with Gasteiger partial charge in [-0.2, -0.15) is 0 Å². The predicted molar refractivity (Wildman–Crippen MR) is 104 cm³/mol. The fourth-order valence-corrected chi connectivity index (χ4v) is 4.62. The highest BCUT2D eigenvalue weighted by Crippen LogP contribution is 2.46. The van der Waals surface area contributed by atoms with Crippen molar-refractivity contribution in [2.75, 3.05) is 6.61 Å². The second kappa shape index (κ2) is 8.61. The van der Waals surface area contributed by atoms with Gasteiger partial charge in [0.25, 0.3) is 0 Å². The number of alkyl carbamates (subject to hydrolysis) is 1. The number of hydrogen-bond acceptors (Lipinski definition) is 4. The van der Waals surface area contributed by atoms with Crippen molar-refractivity contribution in [1.82, 2.24) is 5.32 Å². The van der Waals surface area contributed by atoms with Crippen molar-refractivity contribution >= 4 is 6.09 Å². The smallest absolute Gasteiger partial charge is 0.407 e. The first-order chi connectivity index (χ1) is 12.8. The van der Waals surface area contributed by atoms with Crippen LogP contribution in [0.5, 0.6) is 0 Å². The number of hydrogen-bond donors (Lipinski definition) is 2. The van der Waals surface area contributed by atoms with E-state index in [0.717, 1.165) is 31.2 Å². The van der Waals surface area contributed by atoms with Gasteiger partial charge in [-0.25, -0.2) is 4.79 Å². The molecule has 0 heterocycles. The van der Waals surface area contributed by atoms with E-state index in [1.807, 2.05) is 39.0 Å². The molecule has 0 aromatic heterocycles. The van der Waals surface area contributed by atoms with Gasteiger partial charge >= 0.3 is 6.09 Å². The Morgan fingerprint density at radius 2 is 1.93 bits per heavy atom. The maximum Gasteiger partial charge on any atom is 0.407 e. The van der Waals surface area contributed by atoms with E-state index >= 15 is 0 Å². The minimum absolute atomic E-state index is 0.136. The third-order valence-electron chi connectivity index (χ3n) is 5.77. The van der Waals surface area contributed by atoms with E-state index in [1.165, 1.54) is 0 Å². The third kappa shape index (κ3) is 5.69. The second-order valence-electron chi connectivity index (χ2n) is 9.05. The first kappa shape index (κ1) is 20.2. The lowest BCUT2D eigenvalue weighted by Crippen LogP contribution is -2.43. The number of aliphatic hydroxyl groups excluding tert-OH is 1. The maximum atomic E-state index is 12.0. The molecule has 1 aromatic rings. The Hall–Kier alpha value is -1.59. The van der Waals surface area contributed by atoms with E-state index in [-0.39, 0.29) is 24.2 Å². The molecular weight excluding hydrogens is 342 g/mol. The molecule has 2 aliphatic rings. The van der Waals surface area contributed by atoms with Gasteiger partial charge in [0.05, 0.1) is 19.3 Å². The lowest BCUT2D eigenvalue weighted by atomic mass is 9.76. The first-order valence-corrected chi connectivity index (χ1v) is 10.1. The molecule has 0 aliphatic heterocycles. The number of benzene rings is 1. The van der Waals surface area contributed by atoms with E-state index in [1.54, 1.807) is 0 Å². The molecule has 0 bridgehead atoms. The van der Waals surface area contributed by atoms with E-state index in [2.05, 4.69) is 17.4 Å². The average Bonchev–Trinajstić information content (AvgIpc) is 2.89. The van der Waals surface area contributed by atoms with Crippen LogP contribution < -0.4 is 5.32 Å². The average molecular weight is 376 g/mol. The number of amides is 1. The molecule has 5 heteroatoms. The Bertz CT molecular complexity index is 612. The molecule has 0 spiro atoms. The summed E-state index contributed by atoms with van der Waals surface area (Å²) in [5, 5.41) is 13.6. The number of carbonyl (C=O) groups excluding carboxylic acids is 1. The fourth-order valence-electron chi connectivity index (χ4n) is 4.62. The lowest BCUT2D eigenvalue weighted by molar-refractivity contribution is 0.0147. The van der Waals surface area contributed by atoms with Crippen molar-refractivity contribution in [1.29, 1.82) is 0 Å². The second-order valence-corrected chi connectivity index (χ2v) is 9.05.